The first-order chi connectivity index (χ1) is 15.4. The smallest absolute Gasteiger partial charge is 0.286 e. The number of methoxy groups -OCH3 is 1. The zero-order valence-corrected chi connectivity index (χ0v) is 19.6. The summed E-state index contributed by atoms with van der Waals surface area (Å²) >= 11 is 7.07. The molecule has 1 aromatic heterocycles. The monoisotopic (exact) mass is 492 g/mol. The maximum absolute atomic E-state index is 13.0. The van der Waals surface area contributed by atoms with Crippen molar-refractivity contribution >= 4 is 44.6 Å². The van der Waals surface area contributed by atoms with Gasteiger partial charge >= 0.3 is 0 Å². The second-order valence-electron chi connectivity index (χ2n) is 7.28. The van der Waals surface area contributed by atoms with Gasteiger partial charge < -0.3 is 10.1 Å². The number of hydrogen-bond acceptors (Lipinski definition) is 7. The number of nitrogens with one attached hydrogen (secondary N) is 1. The molecule has 1 unspecified atom stereocenters. The van der Waals surface area contributed by atoms with E-state index >= 15 is 0 Å². The van der Waals surface area contributed by atoms with Crippen molar-refractivity contribution in [3.8, 4) is 5.75 Å². The molecule has 11 heteroatoms. The minimum atomic E-state index is -3.63. The number of sulfonamides is 1. The number of aromatic nitrogens is 2. The molecule has 1 N–H and O–H groups in total. The molecule has 2 aromatic carbocycles. The van der Waals surface area contributed by atoms with Gasteiger partial charge in [0.2, 0.25) is 15.0 Å². The lowest BCUT2D eigenvalue weighted by Crippen LogP contribution is -2.39. The van der Waals surface area contributed by atoms with Gasteiger partial charge in [-0.15, -0.1) is 10.2 Å². The van der Waals surface area contributed by atoms with E-state index in [-0.39, 0.29) is 21.7 Å². The van der Waals surface area contributed by atoms with E-state index in [1.165, 1.54) is 27.8 Å². The average molecular weight is 493 g/mol. The SMILES string of the molecule is COc1ccc(NC(=O)c2nnc(C3CCCN(S(=O)(=O)c4ccc(Cl)cc4)C3)s2)cc1. The van der Waals surface area contributed by atoms with Gasteiger partial charge in [0, 0.05) is 29.7 Å². The third-order valence-electron chi connectivity index (χ3n) is 5.17. The lowest BCUT2D eigenvalue weighted by atomic mass is 10.0. The Balaban J connectivity index is 1.45. The zero-order chi connectivity index (χ0) is 22.7. The highest BCUT2D eigenvalue weighted by Crippen LogP contribution is 2.32. The number of halogens is 1. The predicted octanol–water partition coefficient (Wildman–Crippen LogP) is 4.02. The van der Waals surface area contributed by atoms with Crippen LogP contribution in [0.4, 0.5) is 5.69 Å². The molecule has 0 saturated carbocycles. The lowest BCUT2D eigenvalue weighted by molar-refractivity contribution is 0.102. The predicted molar refractivity (Wildman–Crippen MR) is 123 cm³/mol. The van der Waals surface area contributed by atoms with Crippen molar-refractivity contribution in [2.75, 3.05) is 25.5 Å². The summed E-state index contributed by atoms with van der Waals surface area (Å²) in [5.74, 6) is 0.211. The number of piperidine rings is 1. The van der Waals surface area contributed by atoms with Gasteiger partial charge in [-0.25, -0.2) is 8.42 Å². The number of amides is 1. The normalized spacial score (nSPS) is 17.1. The molecule has 1 saturated heterocycles. The highest BCUT2D eigenvalue weighted by Gasteiger charge is 2.32. The van der Waals surface area contributed by atoms with Crippen molar-refractivity contribution in [2.24, 2.45) is 0 Å². The molecule has 1 amide bonds. The summed E-state index contributed by atoms with van der Waals surface area (Å²) in [4.78, 5) is 12.8. The number of hydrogen-bond donors (Lipinski definition) is 1. The molecule has 0 radical (unpaired) electrons. The van der Waals surface area contributed by atoms with E-state index < -0.39 is 10.0 Å². The average Bonchev–Trinajstić information content (AvgIpc) is 3.31. The van der Waals surface area contributed by atoms with Crippen LogP contribution in [0.1, 0.15) is 33.6 Å². The summed E-state index contributed by atoms with van der Waals surface area (Å²) in [6.45, 7) is 0.727. The maximum atomic E-state index is 13.0. The summed E-state index contributed by atoms with van der Waals surface area (Å²) in [7, 11) is -2.06. The van der Waals surface area contributed by atoms with Crippen molar-refractivity contribution in [1.82, 2.24) is 14.5 Å². The Morgan fingerprint density at radius 2 is 1.88 bits per heavy atom. The van der Waals surface area contributed by atoms with Crippen LogP contribution in [-0.4, -0.2) is 49.0 Å². The van der Waals surface area contributed by atoms with E-state index in [1.54, 1.807) is 43.5 Å². The zero-order valence-electron chi connectivity index (χ0n) is 17.2. The first-order valence-corrected chi connectivity index (χ1v) is 12.5. The number of carbonyl (C=O) groups excluding carboxylic acids is 1. The molecule has 3 aromatic rings. The highest BCUT2D eigenvalue weighted by molar-refractivity contribution is 7.89. The van der Waals surface area contributed by atoms with Crippen LogP contribution in [0.5, 0.6) is 5.75 Å². The fourth-order valence-corrected chi connectivity index (χ4v) is 5.98. The van der Waals surface area contributed by atoms with E-state index in [4.69, 9.17) is 16.3 Å². The molecule has 8 nitrogen and oxygen atoms in total. The van der Waals surface area contributed by atoms with Crippen LogP contribution in [0.2, 0.25) is 5.02 Å². The molecule has 32 heavy (non-hydrogen) atoms. The van der Waals surface area contributed by atoms with Gasteiger partial charge in [-0.05, 0) is 61.4 Å². The van der Waals surface area contributed by atoms with Crippen LogP contribution in [0.3, 0.4) is 0 Å². The molecular formula is C21H21ClN4O4S2. The molecular weight excluding hydrogens is 472 g/mol. The molecule has 0 aliphatic carbocycles. The van der Waals surface area contributed by atoms with Crippen molar-refractivity contribution in [1.29, 1.82) is 0 Å². The number of rotatable bonds is 6. The van der Waals surface area contributed by atoms with Gasteiger partial charge in [-0.1, -0.05) is 22.9 Å². The Labute approximate surface area is 195 Å². The Hall–Kier alpha value is -2.53. The first-order valence-electron chi connectivity index (χ1n) is 9.91. The van der Waals surface area contributed by atoms with Crippen LogP contribution < -0.4 is 10.1 Å². The van der Waals surface area contributed by atoms with Gasteiger partial charge in [0.25, 0.3) is 5.91 Å². The molecule has 0 spiro atoms. The Bertz CT molecular complexity index is 1200. The number of nitrogens with zero attached hydrogens (tertiary/aromatic N) is 3. The Kier molecular flexibility index (Phi) is 6.75. The number of ether oxygens (including phenoxy) is 1. The molecule has 4 rings (SSSR count). The van der Waals surface area contributed by atoms with E-state index in [9.17, 15) is 13.2 Å². The minimum absolute atomic E-state index is 0.120. The van der Waals surface area contributed by atoms with Crippen molar-refractivity contribution in [3.05, 3.63) is 63.6 Å². The Morgan fingerprint density at radius 3 is 2.56 bits per heavy atom. The molecule has 168 valence electrons. The standard InChI is InChI=1S/C21H21ClN4O4S2/c1-30-17-8-6-16(7-9-17)23-19(27)21-25-24-20(31-21)14-3-2-12-26(13-14)32(28,29)18-10-4-15(22)5-11-18/h4-11,14H,2-3,12-13H2,1H3,(H,23,27). The summed E-state index contributed by atoms with van der Waals surface area (Å²) in [5, 5.41) is 12.4. The van der Waals surface area contributed by atoms with Crippen LogP contribution >= 0.6 is 22.9 Å². The third-order valence-corrected chi connectivity index (χ3v) is 8.38. The summed E-state index contributed by atoms with van der Waals surface area (Å²) in [6, 6.07) is 13.1. The molecule has 1 aliphatic rings. The van der Waals surface area contributed by atoms with Gasteiger partial charge in [-0.2, -0.15) is 4.31 Å². The highest BCUT2D eigenvalue weighted by atomic mass is 35.5. The first kappa shape index (κ1) is 22.7. The summed E-state index contributed by atoms with van der Waals surface area (Å²) in [5.41, 5.74) is 0.616. The summed E-state index contributed by atoms with van der Waals surface area (Å²) in [6.07, 6.45) is 1.48. The fourth-order valence-electron chi connectivity index (χ4n) is 3.47. The number of anilines is 1. The van der Waals surface area contributed by atoms with Gasteiger partial charge in [0.1, 0.15) is 10.8 Å². The second-order valence-corrected chi connectivity index (χ2v) is 10.7. The molecule has 1 fully saturated rings. The van der Waals surface area contributed by atoms with Gasteiger partial charge in [0.05, 0.1) is 12.0 Å². The molecule has 1 atom stereocenters. The minimum Gasteiger partial charge on any atom is -0.497 e. The van der Waals surface area contributed by atoms with E-state index in [0.717, 1.165) is 6.42 Å². The largest absolute Gasteiger partial charge is 0.497 e. The van der Waals surface area contributed by atoms with E-state index in [0.29, 0.717) is 41.0 Å². The van der Waals surface area contributed by atoms with Crippen molar-refractivity contribution < 1.29 is 17.9 Å². The molecule has 0 bridgehead atoms. The van der Waals surface area contributed by atoms with Crippen LogP contribution in [-0.2, 0) is 10.0 Å². The topological polar surface area (TPSA) is 101 Å². The molecule has 2 heterocycles. The molecule has 1 aliphatic heterocycles. The summed E-state index contributed by atoms with van der Waals surface area (Å²) < 4.78 is 32.6. The van der Waals surface area contributed by atoms with E-state index in [2.05, 4.69) is 15.5 Å². The van der Waals surface area contributed by atoms with Gasteiger partial charge in [-0.3, -0.25) is 4.79 Å². The Morgan fingerprint density at radius 1 is 1.16 bits per heavy atom. The van der Waals surface area contributed by atoms with Crippen LogP contribution in [0, 0.1) is 0 Å². The maximum Gasteiger partial charge on any atom is 0.286 e. The second kappa shape index (κ2) is 9.53. The quantitative estimate of drug-likeness (QED) is 0.557. The third kappa shape index (κ3) is 4.93. The number of benzene rings is 2. The van der Waals surface area contributed by atoms with Crippen LogP contribution in [0.25, 0.3) is 0 Å². The lowest BCUT2D eigenvalue weighted by Gasteiger charge is -2.30. The fraction of sp³-hybridized carbons (Fsp3) is 0.286. The number of carbonyl (C=O) groups is 1. The van der Waals surface area contributed by atoms with Gasteiger partial charge in [0.15, 0.2) is 0 Å². The van der Waals surface area contributed by atoms with Crippen molar-refractivity contribution in [3.63, 3.8) is 0 Å². The van der Waals surface area contributed by atoms with Crippen LogP contribution in [0.15, 0.2) is 53.4 Å². The van der Waals surface area contributed by atoms with Crippen molar-refractivity contribution in [2.45, 2.75) is 23.7 Å². The van der Waals surface area contributed by atoms with E-state index in [1.807, 2.05) is 0 Å².